The van der Waals surface area contributed by atoms with E-state index in [2.05, 4.69) is 103 Å². The van der Waals surface area contributed by atoms with Gasteiger partial charge in [-0.25, -0.2) is 49.5 Å². The summed E-state index contributed by atoms with van der Waals surface area (Å²) in [4.78, 5) is 123. The van der Waals surface area contributed by atoms with Gasteiger partial charge in [-0.2, -0.15) is 0 Å². The Labute approximate surface area is 576 Å². The first-order valence-electron chi connectivity index (χ1n) is 27.4. The molecule has 7 N–H and O–H groups in total. The van der Waals surface area contributed by atoms with Gasteiger partial charge >= 0.3 is 49.7 Å². The Morgan fingerprint density at radius 3 is 1.37 bits per heavy atom. The van der Waals surface area contributed by atoms with Crippen LogP contribution in [0.4, 0.5) is 23.3 Å². The number of carboxylic acids is 1. The summed E-state index contributed by atoms with van der Waals surface area (Å²) in [5.41, 5.74) is 8.50. The average Bonchev–Trinajstić information content (AvgIpc) is 1.49. The molecule has 0 saturated carbocycles. The van der Waals surface area contributed by atoms with Gasteiger partial charge in [0.1, 0.15) is 34.9 Å². The minimum Gasteiger partial charge on any atom is -0.870 e. The van der Waals surface area contributed by atoms with Crippen LogP contribution in [0, 0.1) is 11.8 Å². The van der Waals surface area contributed by atoms with E-state index in [0.717, 1.165) is 90.2 Å². The zero-order valence-electron chi connectivity index (χ0n) is 52.0. The number of aromatic carboxylic acids is 1. The number of ether oxygens (including phenoxy) is 2. The van der Waals surface area contributed by atoms with Crippen molar-refractivity contribution in [3.8, 4) is 0 Å². The number of esters is 2. The second kappa shape index (κ2) is 43.8. The van der Waals surface area contributed by atoms with Gasteiger partial charge in [-0.3, -0.25) is 24.0 Å². The van der Waals surface area contributed by atoms with Gasteiger partial charge in [-0.15, -0.1) is 12.4 Å². The maximum atomic E-state index is 12.8. The van der Waals surface area contributed by atoms with Crippen LogP contribution in [0.25, 0.3) is 21.8 Å². The van der Waals surface area contributed by atoms with Crippen molar-refractivity contribution in [1.82, 2.24) is 50.1 Å². The monoisotopic (exact) mass is 1310 g/mol. The molecule has 8 heterocycles. The maximum Gasteiger partial charge on any atom is 1.00 e. The number of hydrogen-bond donors (Lipinski definition) is 5. The summed E-state index contributed by atoms with van der Waals surface area (Å²) in [7, 11) is 2.61. The van der Waals surface area contributed by atoms with Gasteiger partial charge in [0.2, 0.25) is 23.0 Å². The fourth-order valence-electron chi connectivity index (χ4n) is 8.05. The van der Waals surface area contributed by atoms with Gasteiger partial charge < -0.3 is 56.8 Å². The molecule has 480 valence electrons. The number of benzene rings is 2. The summed E-state index contributed by atoms with van der Waals surface area (Å²) in [6.07, 6.45) is 17.4. The number of carbonyl (C=O) groups excluding carboxylic acids is 8. The van der Waals surface area contributed by atoms with Crippen molar-refractivity contribution >= 4 is 116 Å². The Kier molecular flexibility index (Phi) is 38.3. The summed E-state index contributed by atoms with van der Waals surface area (Å²) in [6.45, 7) is 16.7. The van der Waals surface area contributed by atoms with Crippen LogP contribution in [0.1, 0.15) is 65.9 Å². The number of carbonyl (C=O) groups is 8. The standard InChI is InChI=1S/C22H21N5O2.C13H15N3.C10H10N2O3.C9H8N2O3.C7H8N2O2.C3H3ClO.ClH.2Li.H2O/c1-2-21(28)26-19-8-7-17(13-23-19)22(29)27-10-9-15(14-27)11-20-24-12-16-5-3-4-6-18(16)25-20;1-2-4-12-11(3-1)9-15-13(16-12)7-10-5-6-14-8-10;1-3-9(13)12-8-5-4-7(6-11-8)10(14)15-2;1-2-8(12)11-7-4-3-6(5-10-7)9(13)14;1-11-7(10)5-2-3-6(8)9-4-5;1-2-3(4)5;;;;/h2-8,12-13,15H,1,9-11,14H2,(H,23,26,28);1-4,9-10,14H,5-8H2;3-6H,1H2,2H3,(H,11,12,13);2-5H,1H2,(H,13,14)(H,10,11,12);2-4H,1H3,(H2,8,9);2H,1H2;1H;;;1H2/q;;;;;;;2*+1;/p-2/t15-;10-;;;;;;;;/m00......../s1. The number of rotatable bonds is 15. The first-order chi connectivity index (χ1) is 43.3. The minimum atomic E-state index is -1.31. The zero-order valence-corrected chi connectivity index (χ0v) is 53.5. The summed E-state index contributed by atoms with van der Waals surface area (Å²) in [6, 6.07) is 28.2. The van der Waals surface area contributed by atoms with Crippen molar-refractivity contribution in [2.45, 2.75) is 25.7 Å². The molecule has 2 fully saturated rings. The molecule has 30 heteroatoms. The van der Waals surface area contributed by atoms with Crippen LogP contribution >= 0.6 is 24.0 Å². The SMILES string of the molecule is C=CC(=O)Cl.C=CC(=O)Nc1ccc(C(=O)N2CC[C@@H](Cc3ncc4ccccc4n3)C2)cn1.C=CC(=O)Nc1ccc(C(=O)OC)cn1.C=CC(=O)Nc1ccc(C(=O)[O-])cn1.COC(=O)c1ccc(N)nc1.Cl.[Li+].[Li+].[OH-].c1ccc2nc(C[C@@H]3CCNC3)ncc2c1. The van der Waals surface area contributed by atoms with Crippen LogP contribution in [0.5, 0.6) is 0 Å². The molecule has 94 heavy (non-hydrogen) atoms. The third-order valence-corrected chi connectivity index (χ3v) is 12.8. The van der Waals surface area contributed by atoms with E-state index in [-0.39, 0.29) is 84.7 Å². The Bertz CT molecular complexity index is 3820. The van der Waals surface area contributed by atoms with Crippen LogP contribution in [0.15, 0.2) is 185 Å². The predicted octanol–water partition coefficient (Wildman–Crippen LogP) is 0.839. The van der Waals surface area contributed by atoms with E-state index >= 15 is 0 Å². The van der Waals surface area contributed by atoms with E-state index in [1.807, 2.05) is 59.8 Å². The van der Waals surface area contributed by atoms with E-state index in [0.29, 0.717) is 59.1 Å². The van der Waals surface area contributed by atoms with Gasteiger partial charge in [-0.05, 0) is 134 Å². The number of likely N-dealkylation sites (tertiary alicyclic amines) is 1. The molecule has 26 nitrogen and oxygen atoms in total. The second-order valence-corrected chi connectivity index (χ2v) is 19.4. The number of nitrogens with zero attached hydrogens (tertiary/aromatic N) is 9. The van der Waals surface area contributed by atoms with Gasteiger partial charge in [-0.1, -0.05) is 62.7 Å². The second-order valence-electron chi connectivity index (χ2n) is 19.0. The number of nitrogens with one attached hydrogen (secondary N) is 4. The van der Waals surface area contributed by atoms with Crippen molar-refractivity contribution in [1.29, 1.82) is 0 Å². The molecule has 6 aromatic heterocycles. The summed E-state index contributed by atoms with van der Waals surface area (Å²) < 4.78 is 8.95. The first kappa shape index (κ1) is 82.1. The number of anilines is 4. The first-order valence-corrected chi connectivity index (χ1v) is 27.7. The van der Waals surface area contributed by atoms with Crippen molar-refractivity contribution in [3.05, 3.63) is 219 Å². The number of nitrogens with two attached hydrogens (primary N) is 1. The third-order valence-electron chi connectivity index (χ3n) is 12.6. The van der Waals surface area contributed by atoms with Crippen LogP contribution in [-0.2, 0) is 41.5 Å². The number of allylic oxidation sites excluding steroid dienone is 1. The topological polar surface area (TPSA) is 389 Å². The number of hydrogen-bond acceptors (Lipinski definition) is 22. The maximum absolute atomic E-state index is 12.8. The van der Waals surface area contributed by atoms with E-state index in [4.69, 9.17) is 17.3 Å². The quantitative estimate of drug-likeness (QED) is 0.0411. The molecule has 0 unspecified atom stereocenters. The van der Waals surface area contributed by atoms with E-state index in [9.17, 15) is 43.5 Å². The summed E-state index contributed by atoms with van der Waals surface area (Å²) in [5.74, 6) is 0.896. The largest absolute Gasteiger partial charge is 1.00 e. The number of para-hydroxylation sites is 2. The molecule has 8 aromatic rings. The molecule has 0 radical (unpaired) electrons. The molecular weight excluding hydrogens is 1240 g/mol. The van der Waals surface area contributed by atoms with Crippen molar-refractivity contribution in [2.24, 2.45) is 11.8 Å². The average molecular weight is 1310 g/mol. The van der Waals surface area contributed by atoms with E-state index < -0.39 is 29.1 Å². The normalized spacial score (nSPS) is 12.6. The molecule has 0 bridgehead atoms. The van der Waals surface area contributed by atoms with Crippen LogP contribution in [0.2, 0.25) is 0 Å². The van der Waals surface area contributed by atoms with Crippen LogP contribution < -0.4 is 69.8 Å². The van der Waals surface area contributed by atoms with Crippen LogP contribution in [-0.4, -0.2) is 137 Å². The number of fused-ring (bicyclic) bond motifs is 2. The van der Waals surface area contributed by atoms with E-state index in [1.165, 1.54) is 69.6 Å². The van der Waals surface area contributed by atoms with Crippen molar-refractivity contribution in [3.63, 3.8) is 0 Å². The van der Waals surface area contributed by atoms with Gasteiger partial charge in [0.05, 0.1) is 47.9 Å². The molecule has 10 rings (SSSR count). The fourth-order valence-corrected chi connectivity index (χ4v) is 8.05. The minimum absolute atomic E-state index is 0. The zero-order chi connectivity index (χ0) is 65.4. The van der Waals surface area contributed by atoms with Crippen molar-refractivity contribution < 1.29 is 96.1 Å². The van der Waals surface area contributed by atoms with Gasteiger partial charge in [0.15, 0.2) is 0 Å². The number of pyridine rings is 4. The molecule has 2 aliphatic heterocycles. The van der Waals surface area contributed by atoms with Gasteiger partial charge in [0.25, 0.3) is 5.91 Å². The Morgan fingerprint density at radius 1 is 0.585 bits per heavy atom. The smallest absolute Gasteiger partial charge is 0.870 e. The fraction of sp³-hybridized carbons (Fsp3) is 0.188. The molecule has 2 saturated heterocycles. The number of nitrogen functional groups attached to an aromatic ring is 1. The Hall–Kier alpha value is -9.87. The number of methoxy groups -OCH3 is 2. The van der Waals surface area contributed by atoms with E-state index in [1.54, 1.807) is 24.3 Å². The molecule has 2 atom stereocenters. The molecule has 2 aromatic carbocycles. The summed E-state index contributed by atoms with van der Waals surface area (Å²) in [5, 5.41) is 22.7. The Balaban J connectivity index is 0.000000595. The summed E-state index contributed by atoms with van der Waals surface area (Å²) >= 11 is 4.71. The van der Waals surface area contributed by atoms with Gasteiger partial charge in [0, 0.05) is 79.4 Å². The number of aromatic nitrogens is 8. The molecule has 0 spiro atoms. The molecular formula is C64H66Cl2Li2N14O12. The van der Waals surface area contributed by atoms with Crippen molar-refractivity contribution in [2.75, 3.05) is 62.1 Å². The third kappa shape index (κ3) is 28.3. The molecule has 0 aliphatic carbocycles. The number of carboxylic acid groups (broad SMARTS) is 1. The number of halogens is 2. The Morgan fingerprint density at radius 2 is 1.00 bits per heavy atom. The van der Waals surface area contributed by atoms with Crippen LogP contribution in [0.3, 0.4) is 0 Å². The molecule has 4 amide bonds. The predicted molar refractivity (Wildman–Crippen MR) is 347 cm³/mol. The molecule has 2 aliphatic rings. The number of amides is 4.